The summed E-state index contributed by atoms with van der Waals surface area (Å²) in [6.07, 6.45) is 7.54. The van der Waals surface area contributed by atoms with Gasteiger partial charge in [-0.1, -0.05) is 0 Å². The van der Waals surface area contributed by atoms with E-state index in [4.69, 9.17) is 4.74 Å². The van der Waals surface area contributed by atoms with Gasteiger partial charge in [0.15, 0.2) is 11.9 Å². The summed E-state index contributed by atoms with van der Waals surface area (Å²) in [6.45, 7) is 2.45. The molecule has 1 heterocycles. The topological polar surface area (TPSA) is 63.7 Å². The summed E-state index contributed by atoms with van der Waals surface area (Å²) in [7, 11) is 0. The van der Waals surface area contributed by atoms with Crippen molar-refractivity contribution in [1.82, 2.24) is 0 Å². The fourth-order valence-corrected chi connectivity index (χ4v) is 6.82. The van der Waals surface area contributed by atoms with Gasteiger partial charge in [0.2, 0.25) is 5.91 Å². The molecule has 1 atom stereocenters. The minimum absolute atomic E-state index is 0.120. The number of amides is 1. The third kappa shape index (κ3) is 3.28. The number of benzene rings is 1. The first kappa shape index (κ1) is 18.8. The molecule has 4 saturated carbocycles. The van der Waals surface area contributed by atoms with E-state index in [-0.39, 0.29) is 17.1 Å². The van der Waals surface area contributed by atoms with Gasteiger partial charge < -0.3 is 9.64 Å². The Hall–Kier alpha value is -2.17. The van der Waals surface area contributed by atoms with Gasteiger partial charge in [-0.2, -0.15) is 0 Å². The van der Waals surface area contributed by atoms with Crippen molar-refractivity contribution in [2.75, 3.05) is 11.4 Å². The normalized spacial score (nSPS) is 33.8. The maximum atomic E-state index is 13.3. The molecule has 1 aromatic rings. The second-order valence-electron chi connectivity index (χ2n) is 9.81. The molecule has 0 spiro atoms. The van der Waals surface area contributed by atoms with Gasteiger partial charge in [0.05, 0.1) is 5.56 Å². The molecule has 0 unspecified atom stereocenters. The Labute approximate surface area is 171 Å². The van der Waals surface area contributed by atoms with Crippen molar-refractivity contribution in [1.29, 1.82) is 0 Å². The van der Waals surface area contributed by atoms with Gasteiger partial charge in [0.1, 0.15) is 0 Å². The third-order valence-electron chi connectivity index (χ3n) is 7.70. The summed E-state index contributed by atoms with van der Waals surface area (Å²) in [5.41, 5.74) is 0.973. The maximum absolute atomic E-state index is 13.3. The highest BCUT2D eigenvalue weighted by atomic mass is 16.5. The largest absolute Gasteiger partial charge is 0.451 e. The van der Waals surface area contributed by atoms with Crippen LogP contribution in [0, 0.1) is 23.2 Å². The first-order valence-electron chi connectivity index (χ1n) is 11.1. The van der Waals surface area contributed by atoms with E-state index >= 15 is 0 Å². The molecule has 5 fully saturated rings. The molecule has 154 valence electrons. The van der Waals surface area contributed by atoms with Crippen LogP contribution in [0.4, 0.5) is 5.69 Å². The summed E-state index contributed by atoms with van der Waals surface area (Å²) >= 11 is 0. The Morgan fingerprint density at radius 1 is 1.03 bits per heavy atom. The van der Waals surface area contributed by atoms with E-state index < -0.39 is 12.1 Å². The highest BCUT2D eigenvalue weighted by Crippen LogP contribution is 2.60. The van der Waals surface area contributed by atoms with Gasteiger partial charge in [-0.05, 0) is 93.9 Å². The SMILES string of the molecule is C[C@@H](OC(=O)c1ccc(N2CCCC2=O)cc1)C(=O)C12CC3CC(CC(C3)C1)C2. The van der Waals surface area contributed by atoms with Crippen molar-refractivity contribution in [2.24, 2.45) is 23.2 Å². The predicted molar refractivity (Wildman–Crippen MR) is 109 cm³/mol. The molecular formula is C24H29NO4. The second kappa shape index (κ2) is 6.96. The number of hydrogen-bond donors (Lipinski definition) is 0. The predicted octanol–water partition coefficient (Wildman–Crippen LogP) is 4.14. The Morgan fingerprint density at radius 3 is 2.14 bits per heavy atom. The molecule has 1 amide bonds. The lowest BCUT2D eigenvalue weighted by molar-refractivity contribution is -0.152. The van der Waals surface area contributed by atoms with Crippen LogP contribution in [0.5, 0.6) is 0 Å². The average Bonchev–Trinajstić information content (AvgIpc) is 3.12. The molecule has 1 aliphatic heterocycles. The van der Waals surface area contributed by atoms with Crippen LogP contribution in [0.3, 0.4) is 0 Å². The van der Waals surface area contributed by atoms with Crippen molar-refractivity contribution in [3.8, 4) is 0 Å². The summed E-state index contributed by atoms with van der Waals surface area (Å²) in [5.74, 6) is 1.85. The zero-order valence-corrected chi connectivity index (χ0v) is 17.1. The maximum Gasteiger partial charge on any atom is 0.338 e. The Bertz CT molecular complexity index is 808. The number of nitrogens with zero attached hydrogens (tertiary/aromatic N) is 1. The van der Waals surface area contributed by atoms with Crippen molar-refractivity contribution in [3.05, 3.63) is 29.8 Å². The van der Waals surface area contributed by atoms with E-state index in [1.165, 1.54) is 19.3 Å². The number of Topliss-reactive ketones (excluding diaryl/α,β-unsaturated/α-hetero) is 1. The van der Waals surface area contributed by atoms with Gasteiger partial charge >= 0.3 is 5.97 Å². The van der Waals surface area contributed by atoms with Gasteiger partial charge in [0, 0.05) is 24.1 Å². The Balaban J connectivity index is 1.25. The molecule has 6 rings (SSSR count). The minimum Gasteiger partial charge on any atom is -0.451 e. The Morgan fingerprint density at radius 2 is 1.62 bits per heavy atom. The zero-order chi connectivity index (χ0) is 20.2. The Kier molecular flexibility index (Phi) is 4.52. The lowest BCUT2D eigenvalue weighted by atomic mass is 9.48. The van der Waals surface area contributed by atoms with Crippen molar-refractivity contribution >= 4 is 23.3 Å². The van der Waals surface area contributed by atoms with E-state index in [2.05, 4.69) is 0 Å². The standard InChI is InChI=1S/C24H29NO4/c1-15(22(27)24-12-16-9-17(13-24)11-18(10-16)14-24)29-23(28)19-4-6-20(7-5-19)25-8-2-3-21(25)26/h4-7,15-18H,2-3,8-14H2,1H3/t15-,16?,17?,18?,24?/m1/s1. The highest BCUT2D eigenvalue weighted by molar-refractivity contribution is 5.97. The van der Waals surface area contributed by atoms with Crippen LogP contribution in [-0.4, -0.2) is 30.3 Å². The number of esters is 1. The molecule has 4 bridgehead atoms. The van der Waals surface area contributed by atoms with Crippen molar-refractivity contribution in [2.45, 2.75) is 64.4 Å². The van der Waals surface area contributed by atoms with Crippen LogP contribution < -0.4 is 4.90 Å². The van der Waals surface area contributed by atoms with Crippen molar-refractivity contribution in [3.63, 3.8) is 0 Å². The number of hydrogen-bond acceptors (Lipinski definition) is 4. The number of anilines is 1. The number of carbonyl (C=O) groups is 3. The number of ketones is 1. The fraction of sp³-hybridized carbons (Fsp3) is 0.625. The minimum atomic E-state index is -0.710. The second-order valence-corrected chi connectivity index (χ2v) is 9.81. The number of rotatable bonds is 5. The zero-order valence-electron chi connectivity index (χ0n) is 17.1. The van der Waals surface area contributed by atoms with Crippen LogP contribution in [0.2, 0.25) is 0 Å². The number of ether oxygens (including phenoxy) is 1. The summed E-state index contributed by atoms with van der Waals surface area (Å²) in [5, 5.41) is 0. The van der Waals surface area contributed by atoms with Crippen LogP contribution in [-0.2, 0) is 14.3 Å². The quantitative estimate of drug-likeness (QED) is 0.703. The molecular weight excluding hydrogens is 366 g/mol. The summed E-state index contributed by atoms with van der Waals surface area (Å²) in [4.78, 5) is 39.6. The van der Waals surface area contributed by atoms with Crippen LogP contribution in [0.1, 0.15) is 68.6 Å². The van der Waals surface area contributed by atoms with E-state index in [1.807, 2.05) is 0 Å². The molecule has 29 heavy (non-hydrogen) atoms. The van der Waals surface area contributed by atoms with Gasteiger partial charge in [-0.25, -0.2) is 4.79 Å². The highest BCUT2D eigenvalue weighted by Gasteiger charge is 2.55. The van der Waals surface area contributed by atoms with E-state index in [0.717, 1.165) is 37.9 Å². The monoisotopic (exact) mass is 395 g/mol. The first-order valence-corrected chi connectivity index (χ1v) is 11.1. The van der Waals surface area contributed by atoms with Crippen molar-refractivity contribution < 1.29 is 19.1 Å². The molecule has 5 nitrogen and oxygen atoms in total. The van der Waals surface area contributed by atoms with E-state index in [1.54, 1.807) is 36.1 Å². The molecule has 1 saturated heterocycles. The van der Waals surface area contributed by atoms with Crippen LogP contribution in [0.25, 0.3) is 0 Å². The van der Waals surface area contributed by atoms with Gasteiger partial charge in [-0.3, -0.25) is 9.59 Å². The molecule has 0 aromatic heterocycles. The van der Waals surface area contributed by atoms with E-state index in [0.29, 0.717) is 29.7 Å². The smallest absolute Gasteiger partial charge is 0.338 e. The molecule has 4 aliphatic carbocycles. The molecule has 5 heteroatoms. The summed E-state index contributed by atoms with van der Waals surface area (Å²) < 4.78 is 5.61. The van der Waals surface area contributed by atoms with Crippen LogP contribution in [0.15, 0.2) is 24.3 Å². The number of carbonyl (C=O) groups excluding carboxylic acids is 3. The average molecular weight is 395 g/mol. The summed E-state index contributed by atoms with van der Waals surface area (Å²) in [6, 6.07) is 6.94. The lowest BCUT2D eigenvalue weighted by Gasteiger charge is -2.56. The molecule has 0 N–H and O–H groups in total. The molecule has 5 aliphatic rings. The fourth-order valence-electron chi connectivity index (χ4n) is 6.82. The van der Waals surface area contributed by atoms with Gasteiger partial charge in [0.25, 0.3) is 0 Å². The third-order valence-corrected chi connectivity index (χ3v) is 7.70. The van der Waals surface area contributed by atoms with Crippen LogP contribution >= 0.6 is 0 Å². The molecule has 1 aromatic carbocycles. The first-order chi connectivity index (χ1) is 13.9. The molecule has 0 radical (unpaired) electrons. The van der Waals surface area contributed by atoms with E-state index in [9.17, 15) is 14.4 Å². The van der Waals surface area contributed by atoms with Gasteiger partial charge in [-0.15, -0.1) is 0 Å². The lowest BCUT2D eigenvalue weighted by Crippen LogP contribution is -2.52.